The maximum atomic E-state index is 6.80. The van der Waals surface area contributed by atoms with E-state index >= 15 is 0 Å². The zero-order valence-corrected chi connectivity index (χ0v) is 23.6. The summed E-state index contributed by atoms with van der Waals surface area (Å²) < 4.78 is 28.2. The van der Waals surface area contributed by atoms with Crippen molar-refractivity contribution in [1.29, 1.82) is 0 Å². The van der Waals surface area contributed by atoms with Gasteiger partial charge < -0.3 is 18.9 Å². The van der Waals surface area contributed by atoms with Crippen molar-refractivity contribution in [3.05, 3.63) is 137 Å². The summed E-state index contributed by atoms with van der Waals surface area (Å²) in [7, 11) is 0. The highest BCUT2D eigenvalue weighted by atomic mass is 35.5. The van der Waals surface area contributed by atoms with E-state index in [9.17, 15) is 0 Å². The first-order chi connectivity index (χ1) is 20.1. The van der Waals surface area contributed by atoms with Gasteiger partial charge >= 0.3 is 0 Å². The summed E-state index contributed by atoms with van der Waals surface area (Å²) in [6.07, 6.45) is 0.0664. The van der Waals surface area contributed by atoms with Crippen LogP contribution in [0.5, 0.6) is 0 Å². The minimum atomic E-state index is -0.892. The molecule has 6 rings (SSSR count). The van der Waals surface area contributed by atoms with Crippen molar-refractivity contribution < 1.29 is 18.9 Å². The van der Waals surface area contributed by atoms with E-state index in [1.54, 1.807) is 4.52 Å². The molecule has 210 valence electrons. The van der Waals surface area contributed by atoms with E-state index in [1.807, 2.05) is 91.0 Å². The predicted molar refractivity (Wildman–Crippen MR) is 156 cm³/mol. The fraction of sp³-hybridized carbons (Fsp3) is 0.273. The largest absolute Gasteiger partial charge is 0.374 e. The molecule has 3 heterocycles. The quantitative estimate of drug-likeness (QED) is 0.178. The van der Waals surface area contributed by atoms with Crippen molar-refractivity contribution in [2.75, 3.05) is 6.61 Å². The van der Waals surface area contributed by atoms with Crippen LogP contribution in [-0.4, -0.2) is 39.0 Å². The van der Waals surface area contributed by atoms with Crippen LogP contribution in [0, 0.1) is 0 Å². The van der Waals surface area contributed by atoms with Gasteiger partial charge in [0.15, 0.2) is 5.15 Å². The number of hydrogen-bond acceptors (Lipinski definition) is 6. The van der Waals surface area contributed by atoms with Crippen molar-refractivity contribution in [3.8, 4) is 0 Å². The minimum absolute atomic E-state index is 0.328. The second kappa shape index (κ2) is 12.5. The van der Waals surface area contributed by atoms with Crippen LogP contribution in [0.2, 0.25) is 5.15 Å². The van der Waals surface area contributed by atoms with Gasteiger partial charge in [0.05, 0.1) is 32.1 Å². The first kappa shape index (κ1) is 27.6. The van der Waals surface area contributed by atoms with Gasteiger partial charge in [-0.05, 0) is 35.7 Å². The molecule has 1 fully saturated rings. The lowest BCUT2D eigenvalue weighted by atomic mass is 9.90. The van der Waals surface area contributed by atoms with Gasteiger partial charge in [-0.2, -0.15) is 5.10 Å². The molecule has 0 N–H and O–H groups in total. The Hall–Kier alpha value is -3.59. The van der Waals surface area contributed by atoms with E-state index in [4.69, 9.17) is 30.5 Å². The first-order valence-electron chi connectivity index (χ1n) is 13.7. The molecule has 4 atom stereocenters. The molecule has 0 bridgehead atoms. The molecular formula is C33H32ClN3O4. The molecule has 3 aromatic carbocycles. The topological polar surface area (TPSA) is 67.1 Å². The van der Waals surface area contributed by atoms with Crippen LogP contribution in [-0.2, 0) is 38.8 Å². The zero-order chi connectivity index (χ0) is 28.1. The summed E-state index contributed by atoms with van der Waals surface area (Å²) in [5.74, 6) is 0. The van der Waals surface area contributed by atoms with Gasteiger partial charge in [-0.15, -0.1) is 0 Å². The van der Waals surface area contributed by atoms with Crippen molar-refractivity contribution in [2.24, 2.45) is 0 Å². The van der Waals surface area contributed by atoms with Gasteiger partial charge in [0.1, 0.15) is 35.8 Å². The van der Waals surface area contributed by atoms with Crippen molar-refractivity contribution in [3.63, 3.8) is 0 Å². The molecular weight excluding hydrogens is 538 g/mol. The number of rotatable bonds is 11. The Kier molecular flexibility index (Phi) is 8.41. The van der Waals surface area contributed by atoms with Crippen LogP contribution in [0.25, 0.3) is 5.52 Å². The van der Waals surface area contributed by atoms with Gasteiger partial charge in [-0.25, -0.2) is 9.50 Å². The molecule has 2 aromatic heterocycles. The number of aromatic nitrogens is 3. The lowest BCUT2D eigenvalue weighted by molar-refractivity contribution is -0.148. The van der Waals surface area contributed by atoms with E-state index < -0.39 is 23.9 Å². The molecule has 1 saturated heterocycles. The molecule has 0 saturated carbocycles. The van der Waals surface area contributed by atoms with Gasteiger partial charge in [0, 0.05) is 0 Å². The second-order valence-electron chi connectivity index (χ2n) is 10.3. The molecule has 5 aromatic rings. The molecule has 0 radical (unpaired) electrons. The van der Waals surface area contributed by atoms with Gasteiger partial charge in [-0.3, -0.25) is 0 Å². The number of fused-ring (bicyclic) bond motifs is 1. The van der Waals surface area contributed by atoms with Crippen LogP contribution >= 0.6 is 11.6 Å². The molecule has 0 aliphatic carbocycles. The number of benzene rings is 3. The smallest absolute Gasteiger partial charge is 0.156 e. The third kappa shape index (κ3) is 6.05. The Morgan fingerprint density at radius 2 is 1.41 bits per heavy atom. The fourth-order valence-electron chi connectivity index (χ4n) is 5.38. The van der Waals surface area contributed by atoms with Gasteiger partial charge in [-0.1, -0.05) is 103 Å². The van der Waals surface area contributed by atoms with Crippen molar-refractivity contribution in [1.82, 2.24) is 14.6 Å². The maximum Gasteiger partial charge on any atom is 0.156 e. The lowest BCUT2D eigenvalue weighted by Crippen LogP contribution is -2.47. The molecule has 7 nitrogen and oxygen atoms in total. The van der Waals surface area contributed by atoms with Crippen molar-refractivity contribution >= 4 is 17.1 Å². The molecule has 0 unspecified atom stereocenters. The van der Waals surface area contributed by atoms with Crippen LogP contribution in [0.15, 0.2) is 109 Å². The highest BCUT2D eigenvalue weighted by molar-refractivity contribution is 6.32. The minimum Gasteiger partial charge on any atom is -0.374 e. The molecule has 1 aliphatic heterocycles. The number of ether oxygens (including phenoxy) is 4. The monoisotopic (exact) mass is 569 g/mol. The summed E-state index contributed by atoms with van der Waals surface area (Å²) >= 11 is 6.40. The molecule has 0 spiro atoms. The van der Waals surface area contributed by atoms with E-state index in [2.05, 4.69) is 29.1 Å². The summed E-state index contributed by atoms with van der Waals surface area (Å²) in [6, 6.07) is 34.2. The van der Waals surface area contributed by atoms with Crippen LogP contribution < -0.4 is 0 Å². The zero-order valence-electron chi connectivity index (χ0n) is 22.8. The van der Waals surface area contributed by atoms with E-state index in [-0.39, 0.29) is 0 Å². The SMILES string of the molecule is C[C@@]1(OCc2ccccc2)[C@H](OCc2ccccc2)[C@@H](COCc2ccccc2)O[C@H]1c1ccc2c(Cl)ncnn12. The van der Waals surface area contributed by atoms with Gasteiger partial charge in [0.25, 0.3) is 0 Å². The van der Waals surface area contributed by atoms with E-state index in [1.165, 1.54) is 6.33 Å². The lowest BCUT2D eigenvalue weighted by Gasteiger charge is -2.35. The van der Waals surface area contributed by atoms with E-state index in [0.29, 0.717) is 37.1 Å². The third-order valence-electron chi connectivity index (χ3n) is 7.50. The molecule has 8 heteroatoms. The van der Waals surface area contributed by atoms with Crippen LogP contribution in [0.4, 0.5) is 0 Å². The molecule has 41 heavy (non-hydrogen) atoms. The van der Waals surface area contributed by atoms with Gasteiger partial charge in [0.2, 0.25) is 0 Å². The Labute approximate surface area is 244 Å². The Morgan fingerprint density at radius 1 is 0.805 bits per heavy atom. The Balaban J connectivity index is 1.34. The normalized spacial score (nSPS) is 22.3. The summed E-state index contributed by atoms with van der Waals surface area (Å²) in [5.41, 5.74) is 3.83. The molecule has 0 amide bonds. The number of halogens is 1. The highest BCUT2D eigenvalue weighted by Gasteiger charge is 2.57. The summed E-state index contributed by atoms with van der Waals surface area (Å²) in [4.78, 5) is 4.14. The first-order valence-corrected chi connectivity index (χ1v) is 14.1. The average Bonchev–Trinajstić information content (AvgIpc) is 3.56. The van der Waals surface area contributed by atoms with Crippen molar-refractivity contribution in [2.45, 2.75) is 50.7 Å². The molecule has 1 aliphatic rings. The summed E-state index contributed by atoms with van der Waals surface area (Å²) in [6.45, 7) is 3.64. The average molecular weight is 570 g/mol. The fourth-order valence-corrected chi connectivity index (χ4v) is 5.57. The van der Waals surface area contributed by atoms with E-state index in [0.717, 1.165) is 22.4 Å². The predicted octanol–water partition coefficient (Wildman–Crippen LogP) is 6.60. The standard InChI is InChI=1S/C33H32ClN3O4/c1-33(40-21-26-15-9-4-10-16-26)30(27-17-18-28-32(34)35-23-36-37(27)28)41-29(22-38-19-24-11-5-2-6-12-24)31(33)39-20-25-13-7-3-8-14-25/h2-18,23,29-31H,19-22H2,1H3/t29-,30+,31-,33+/m1/s1. The third-order valence-corrected chi connectivity index (χ3v) is 7.79. The number of nitrogens with zero attached hydrogens (tertiary/aromatic N) is 3. The number of hydrogen-bond donors (Lipinski definition) is 0. The second-order valence-corrected chi connectivity index (χ2v) is 10.7. The van der Waals surface area contributed by atoms with Crippen LogP contribution in [0.3, 0.4) is 0 Å². The highest BCUT2D eigenvalue weighted by Crippen LogP contribution is 2.47. The maximum absolute atomic E-state index is 6.80. The van der Waals surface area contributed by atoms with Crippen LogP contribution in [0.1, 0.15) is 35.4 Å². The Morgan fingerprint density at radius 3 is 2.07 bits per heavy atom. The summed E-state index contributed by atoms with van der Waals surface area (Å²) in [5, 5.41) is 4.86. The Bertz CT molecular complexity index is 1550.